The van der Waals surface area contributed by atoms with Crippen molar-refractivity contribution in [1.29, 1.82) is 0 Å². The highest BCUT2D eigenvalue weighted by Gasteiger charge is 2.21. The Labute approximate surface area is 111 Å². The Morgan fingerprint density at radius 2 is 2.00 bits per heavy atom. The molecule has 19 heavy (non-hydrogen) atoms. The van der Waals surface area contributed by atoms with E-state index in [0.29, 0.717) is 17.0 Å². The molecule has 0 aliphatic carbocycles. The maximum atomic E-state index is 13.9. The molecule has 0 aliphatic heterocycles. The van der Waals surface area contributed by atoms with Crippen molar-refractivity contribution in [2.45, 2.75) is 26.2 Å². The van der Waals surface area contributed by atoms with Gasteiger partial charge in [-0.2, -0.15) is 0 Å². The molecule has 4 nitrogen and oxygen atoms in total. The van der Waals surface area contributed by atoms with Crippen molar-refractivity contribution in [3.63, 3.8) is 0 Å². The number of nitrogen functional groups attached to an aromatic ring is 1. The molecule has 1 aromatic heterocycles. The Balaban J connectivity index is 2.85. The number of halogens is 1. The van der Waals surface area contributed by atoms with Crippen molar-refractivity contribution in [3.8, 4) is 5.75 Å². The monoisotopic (exact) mass is 263 g/mol. The number of hydrogen-bond acceptors (Lipinski definition) is 4. The molecule has 1 heterocycles. The van der Waals surface area contributed by atoms with Crippen LogP contribution in [0.5, 0.6) is 5.75 Å². The van der Waals surface area contributed by atoms with Crippen LogP contribution in [-0.4, -0.2) is 12.1 Å². The third-order valence-electron chi connectivity index (χ3n) is 3.06. The van der Waals surface area contributed by atoms with E-state index in [9.17, 15) is 4.39 Å². The number of hydrogen-bond donors (Lipinski definition) is 2. The standard InChI is InChI=1S/C14H18FN3O/c1-14(2,3)9-7-8-11(19-4)6-5-10(15)12(8)17-13(9)18-16/h5-7H,16H2,1-4H3,(H,17,18). The van der Waals surface area contributed by atoms with E-state index in [2.05, 4.69) is 10.4 Å². The number of nitrogens with zero attached hydrogens (tertiary/aromatic N) is 1. The summed E-state index contributed by atoms with van der Waals surface area (Å²) >= 11 is 0. The van der Waals surface area contributed by atoms with Crippen LogP contribution in [0.3, 0.4) is 0 Å². The molecule has 0 spiro atoms. The van der Waals surface area contributed by atoms with Gasteiger partial charge in [-0.25, -0.2) is 15.2 Å². The number of anilines is 1. The van der Waals surface area contributed by atoms with Gasteiger partial charge < -0.3 is 10.2 Å². The highest BCUT2D eigenvalue weighted by Crippen LogP contribution is 2.35. The number of hydrazine groups is 1. The first-order valence-electron chi connectivity index (χ1n) is 6.03. The Hall–Kier alpha value is -1.88. The molecule has 5 heteroatoms. The lowest BCUT2D eigenvalue weighted by atomic mass is 9.86. The van der Waals surface area contributed by atoms with Crippen LogP contribution in [-0.2, 0) is 5.41 Å². The molecule has 0 saturated heterocycles. The SMILES string of the molecule is COc1ccc(F)c2nc(NN)c(C(C)(C)C)cc12. The van der Waals surface area contributed by atoms with Crippen LogP contribution in [0.1, 0.15) is 26.3 Å². The third-order valence-corrected chi connectivity index (χ3v) is 3.06. The predicted octanol–water partition coefficient (Wildman–Crippen LogP) is 2.97. The van der Waals surface area contributed by atoms with Gasteiger partial charge in [0.15, 0.2) is 0 Å². The summed E-state index contributed by atoms with van der Waals surface area (Å²) in [6.07, 6.45) is 0. The summed E-state index contributed by atoms with van der Waals surface area (Å²) in [5.41, 5.74) is 3.53. The fourth-order valence-corrected chi connectivity index (χ4v) is 2.06. The minimum Gasteiger partial charge on any atom is -0.496 e. The van der Waals surface area contributed by atoms with Crippen molar-refractivity contribution in [2.24, 2.45) is 5.84 Å². The molecule has 0 amide bonds. The number of aromatic nitrogens is 1. The van der Waals surface area contributed by atoms with Crippen LogP contribution in [0.2, 0.25) is 0 Å². The highest BCUT2D eigenvalue weighted by atomic mass is 19.1. The minimum absolute atomic E-state index is 0.166. The number of ether oxygens (including phenoxy) is 1. The zero-order chi connectivity index (χ0) is 14.2. The van der Waals surface area contributed by atoms with Crippen molar-refractivity contribution >= 4 is 16.7 Å². The molecular formula is C14H18FN3O. The summed E-state index contributed by atoms with van der Waals surface area (Å²) in [5.74, 6) is 6.17. The van der Waals surface area contributed by atoms with E-state index in [1.807, 2.05) is 26.8 Å². The molecule has 0 unspecified atom stereocenters. The van der Waals surface area contributed by atoms with Gasteiger partial charge in [-0.15, -0.1) is 0 Å². The molecular weight excluding hydrogens is 245 g/mol. The number of fused-ring (bicyclic) bond motifs is 1. The second-order valence-corrected chi connectivity index (χ2v) is 5.42. The van der Waals surface area contributed by atoms with Gasteiger partial charge in [-0.05, 0) is 23.6 Å². The molecule has 0 bridgehead atoms. The van der Waals surface area contributed by atoms with Gasteiger partial charge in [0.25, 0.3) is 0 Å². The molecule has 2 rings (SSSR count). The molecule has 0 aliphatic rings. The van der Waals surface area contributed by atoms with Crippen LogP contribution in [0, 0.1) is 5.82 Å². The van der Waals surface area contributed by atoms with E-state index in [1.54, 1.807) is 13.2 Å². The third kappa shape index (κ3) is 2.33. The van der Waals surface area contributed by atoms with Crippen molar-refractivity contribution < 1.29 is 9.13 Å². The largest absolute Gasteiger partial charge is 0.496 e. The molecule has 2 aromatic rings. The Kier molecular flexibility index (Phi) is 3.32. The number of benzene rings is 1. The number of methoxy groups -OCH3 is 1. The summed E-state index contributed by atoms with van der Waals surface area (Å²) < 4.78 is 19.1. The normalized spacial score (nSPS) is 11.7. The van der Waals surface area contributed by atoms with Crippen molar-refractivity contribution in [2.75, 3.05) is 12.5 Å². The maximum Gasteiger partial charge on any atom is 0.149 e. The topological polar surface area (TPSA) is 60.2 Å². The fraction of sp³-hybridized carbons (Fsp3) is 0.357. The van der Waals surface area contributed by atoms with E-state index < -0.39 is 5.82 Å². The molecule has 3 N–H and O–H groups in total. The van der Waals surface area contributed by atoms with E-state index in [4.69, 9.17) is 10.6 Å². The zero-order valence-electron chi connectivity index (χ0n) is 11.5. The highest BCUT2D eigenvalue weighted by molar-refractivity contribution is 5.88. The first kappa shape index (κ1) is 13.5. The number of rotatable bonds is 2. The van der Waals surface area contributed by atoms with Crippen molar-refractivity contribution in [1.82, 2.24) is 4.98 Å². The lowest BCUT2D eigenvalue weighted by Gasteiger charge is -2.22. The zero-order valence-corrected chi connectivity index (χ0v) is 11.5. The van der Waals surface area contributed by atoms with Crippen LogP contribution >= 0.6 is 0 Å². The average Bonchev–Trinajstić information content (AvgIpc) is 2.37. The summed E-state index contributed by atoms with van der Waals surface area (Å²) in [6, 6.07) is 4.81. The van der Waals surface area contributed by atoms with E-state index in [1.165, 1.54) is 6.07 Å². The smallest absolute Gasteiger partial charge is 0.149 e. The maximum absolute atomic E-state index is 13.9. The van der Waals surface area contributed by atoms with Gasteiger partial charge in [0.1, 0.15) is 22.9 Å². The second-order valence-electron chi connectivity index (χ2n) is 5.42. The lowest BCUT2D eigenvalue weighted by Crippen LogP contribution is -2.19. The molecule has 1 aromatic carbocycles. The number of pyridine rings is 1. The summed E-state index contributed by atoms with van der Waals surface area (Å²) in [4.78, 5) is 4.28. The van der Waals surface area contributed by atoms with Gasteiger partial charge >= 0.3 is 0 Å². The van der Waals surface area contributed by atoms with Crippen LogP contribution in [0.25, 0.3) is 10.9 Å². The molecule has 0 radical (unpaired) electrons. The molecule has 0 atom stereocenters. The van der Waals surface area contributed by atoms with Gasteiger partial charge in [-0.1, -0.05) is 20.8 Å². The number of nitrogens with one attached hydrogen (secondary N) is 1. The number of nitrogens with two attached hydrogens (primary N) is 1. The Bertz CT molecular complexity index is 620. The first-order valence-corrected chi connectivity index (χ1v) is 6.03. The van der Waals surface area contributed by atoms with Gasteiger partial charge in [-0.3, -0.25) is 0 Å². The molecule has 102 valence electrons. The van der Waals surface area contributed by atoms with Crippen LogP contribution < -0.4 is 16.0 Å². The van der Waals surface area contributed by atoms with Crippen LogP contribution in [0.15, 0.2) is 18.2 Å². The summed E-state index contributed by atoms with van der Waals surface area (Å²) in [5, 5.41) is 0.645. The van der Waals surface area contributed by atoms with E-state index >= 15 is 0 Å². The lowest BCUT2D eigenvalue weighted by molar-refractivity contribution is 0.419. The van der Waals surface area contributed by atoms with E-state index in [-0.39, 0.29) is 10.9 Å². The van der Waals surface area contributed by atoms with Gasteiger partial charge in [0.2, 0.25) is 0 Å². The quantitative estimate of drug-likeness (QED) is 0.646. The predicted molar refractivity (Wildman–Crippen MR) is 74.8 cm³/mol. The molecule has 0 saturated carbocycles. The van der Waals surface area contributed by atoms with Gasteiger partial charge in [0, 0.05) is 10.9 Å². The average molecular weight is 263 g/mol. The Morgan fingerprint density at radius 1 is 1.32 bits per heavy atom. The van der Waals surface area contributed by atoms with Crippen molar-refractivity contribution in [3.05, 3.63) is 29.6 Å². The Morgan fingerprint density at radius 3 is 2.53 bits per heavy atom. The first-order chi connectivity index (χ1) is 8.88. The van der Waals surface area contributed by atoms with Crippen LogP contribution in [0.4, 0.5) is 10.2 Å². The summed E-state index contributed by atoms with van der Waals surface area (Å²) in [7, 11) is 1.55. The molecule has 0 fully saturated rings. The summed E-state index contributed by atoms with van der Waals surface area (Å²) in [6.45, 7) is 6.13. The van der Waals surface area contributed by atoms with E-state index in [0.717, 1.165) is 5.56 Å². The second kappa shape index (κ2) is 4.66. The fourth-order valence-electron chi connectivity index (χ4n) is 2.06. The minimum atomic E-state index is -0.396. The van der Waals surface area contributed by atoms with Gasteiger partial charge in [0.05, 0.1) is 7.11 Å².